The average Bonchev–Trinajstić information content (AvgIpc) is 3.11. The summed E-state index contributed by atoms with van der Waals surface area (Å²) in [5.41, 5.74) is 3.38. The van der Waals surface area contributed by atoms with Gasteiger partial charge >= 0.3 is 128 Å². The Kier molecular flexibility index (Phi) is 11.2. The summed E-state index contributed by atoms with van der Waals surface area (Å²) in [7, 11) is 0. The minimum atomic E-state index is -1.67. The molecule has 24 heavy (non-hydrogen) atoms. The maximum atomic E-state index is 5.43. The summed E-state index contributed by atoms with van der Waals surface area (Å²) in [5, 5.41) is 0. The van der Waals surface area contributed by atoms with Crippen LogP contribution in [0.25, 0.3) is 0 Å². The van der Waals surface area contributed by atoms with Gasteiger partial charge in [0.15, 0.2) is 0 Å². The van der Waals surface area contributed by atoms with Gasteiger partial charge in [-0.25, -0.2) is 0 Å². The second kappa shape index (κ2) is 12.0. The van der Waals surface area contributed by atoms with Crippen LogP contribution in [0.15, 0.2) is 43.2 Å². The fraction of sp³-hybridized carbons (Fsp3) is 0.600. The van der Waals surface area contributed by atoms with E-state index in [2.05, 4.69) is 38.2 Å². The molecule has 4 heteroatoms. The number of hydrogen-bond donors (Lipinski definition) is 0. The van der Waals surface area contributed by atoms with Gasteiger partial charge in [-0.15, -0.1) is 22.2 Å². The summed E-state index contributed by atoms with van der Waals surface area (Å²) in [5.74, 6) is 0. The van der Waals surface area contributed by atoms with Crippen molar-refractivity contribution in [1.29, 1.82) is 0 Å². The van der Waals surface area contributed by atoms with Gasteiger partial charge in [-0.05, 0) is 13.1 Å². The van der Waals surface area contributed by atoms with Crippen LogP contribution in [0.5, 0.6) is 0 Å². The van der Waals surface area contributed by atoms with E-state index in [1.165, 1.54) is 51.4 Å². The average molecular weight is 419 g/mol. The fourth-order valence-electron chi connectivity index (χ4n) is 2.75. The van der Waals surface area contributed by atoms with Gasteiger partial charge in [0.25, 0.3) is 0 Å². The van der Waals surface area contributed by atoms with Gasteiger partial charge in [-0.3, -0.25) is 0 Å². The van der Waals surface area contributed by atoms with E-state index in [4.69, 9.17) is 22.2 Å². The molecule has 0 aromatic heterocycles. The van der Waals surface area contributed by atoms with Crippen molar-refractivity contribution in [3.63, 3.8) is 0 Å². The summed E-state index contributed by atoms with van der Waals surface area (Å²) in [6.07, 6.45) is 20.1. The SMILES string of the molecule is CCCCC1=[C]([Ti][C]2=C(CCCC)C=CC2)CC=C1.C[Si](C)(Cl)Cl. The monoisotopic (exact) mass is 418 g/mol. The quantitative estimate of drug-likeness (QED) is 0.276. The van der Waals surface area contributed by atoms with E-state index in [1.807, 2.05) is 20.8 Å². The van der Waals surface area contributed by atoms with Crippen LogP contribution in [0.2, 0.25) is 13.1 Å². The molecule has 0 atom stereocenters. The van der Waals surface area contributed by atoms with E-state index < -0.39 is 6.69 Å². The van der Waals surface area contributed by atoms with E-state index in [9.17, 15) is 0 Å². The summed E-state index contributed by atoms with van der Waals surface area (Å²) in [6, 6.07) is 0. The van der Waals surface area contributed by atoms with Gasteiger partial charge in [0.1, 0.15) is 0 Å². The maximum Gasteiger partial charge on any atom is 0.245 e. The van der Waals surface area contributed by atoms with E-state index >= 15 is 0 Å². The topological polar surface area (TPSA) is 0 Å². The minimum Gasteiger partial charge on any atom is -0.146 e. The molecule has 0 saturated heterocycles. The Balaban J connectivity index is 0.000000505. The minimum absolute atomic E-state index is 0.0137. The Morgan fingerprint density at radius 3 is 1.58 bits per heavy atom. The third kappa shape index (κ3) is 9.83. The van der Waals surface area contributed by atoms with Crippen molar-refractivity contribution in [3.05, 3.63) is 43.2 Å². The fourth-order valence-corrected chi connectivity index (χ4v) is 5.16. The molecular weight excluding hydrogens is 387 g/mol. The van der Waals surface area contributed by atoms with Gasteiger partial charge in [-0.2, -0.15) is 0 Å². The van der Waals surface area contributed by atoms with E-state index in [0.717, 1.165) is 0 Å². The Hall–Kier alpha value is 0.471. The second-order valence-corrected chi connectivity index (χ2v) is 18.1. The molecule has 0 aromatic carbocycles. The summed E-state index contributed by atoms with van der Waals surface area (Å²) in [6.45, 7) is 6.63. The molecule has 0 heterocycles. The Morgan fingerprint density at radius 1 is 0.875 bits per heavy atom. The maximum absolute atomic E-state index is 5.43. The Morgan fingerprint density at radius 2 is 1.25 bits per heavy atom. The molecule has 0 N–H and O–H groups in total. The van der Waals surface area contributed by atoms with Crippen molar-refractivity contribution >= 4 is 28.9 Å². The molecule has 0 unspecified atom stereocenters. The zero-order chi connectivity index (χ0) is 18.0. The zero-order valence-electron chi connectivity index (χ0n) is 15.7. The molecule has 0 bridgehead atoms. The molecule has 0 spiro atoms. The van der Waals surface area contributed by atoms with Crippen LogP contribution in [0, 0.1) is 0 Å². The van der Waals surface area contributed by atoms with Gasteiger partial charge in [0, 0.05) is 0 Å². The van der Waals surface area contributed by atoms with E-state index in [1.54, 1.807) is 11.1 Å². The summed E-state index contributed by atoms with van der Waals surface area (Å²) >= 11 is 10.9. The molecule has 2 aliphatic carbocycles. The smallest absolute Gasteiger partial charge is 0.146 e. The molecular formula is C20H32Cl2SiTi. The standard InChI is InChI=1S/2C9H13.C2H6Cl2Si.Ti/c2*1-2-3-6-9-7-4-5-8-9;1-5(2,3)4;/h2*4,7H,2-3,5-6H2,1H3;1-2H3;. The molecule has 0 aromatic rings. The van der Waals surface area contributed by atoms with Crippen LogP contribution in [0.3, 0.4) is 0 Å². The van der Waals surface area contributed by atoms with Gasteiger partial charge in [0.2, 0.25) is 6.69 Å². The first-order valence-electron chi connectivity index (χ1n) is 9.27. The predicted octanol–water partition coefficient (Wildman–Crippen LogP) is 8.04. The number of hydrogen-bond acceptors (Lipinski definition) is 0. The van der Waals surface area contributed by atoms with Crippen LogP contribution >= 0.6 is 22.2 Å². The van der Waals surface area contributed by atoms with Crippen LogP contribution < -0.4 is 0 Å². The van der Waals surface area contributed by atoms with Crippen LogP contribution in [0.4, 0.5) is 0 Å². The second-order valence-electron chi connectivity index (χ2n) is 6.88. The van der Waals surface area contributed by atoms with Crippen molar-refractivity contribution in [2.24, 2.45) is 0 Å². The summed E-state index contributed by atoms with van der Waals surface area (Å²) in [4.78, 5) is 0. The first-order chi connectivity index (χ1) is 11.3. The van der Waals surface area contributed by atoms with Crippen molar-refractivity contribution in [2.75, 3.05) is 0 Å². The number of allylic oxidation sites excluding steroid dienone is 8. The Labute approximate surface area is 168 Å². The third-order valence-corrected chi connectivity index (χ3v) is 6.54. The normalized spacial score (nSPS) is 16.8. The van der Waals surface area contributed by atoms with Crippen LogP contribution in [-0.2, 0) is 19.2 Å². The molecule has 2 rings (SSSR count). The van der Waals surface area contributed by atoms with E-state index in [-0.39, 0.29) is 19.2 Å². The van der Waals surface area contributed by atoms with Crippen LogP contribution in [0.1, 0.15) is 65.2 Å². The predicted molar refractivity (Wildman–Crippen MR) is 110 cm³/mol. The van der Waals surface area contributed by atoms with Crippen molar-refractivity contribution < 1.29 is 19.2 Å². The zero-order valence-corrected chi connectivity index (χ0v) is 19.8. The molecule has 0 nitrogen and oxygen atoms in total. The number of halogens is 2. The molecule has 0 aliphatic heterocycles. The van der Waals surface area contributed by atoms with Gasteiger partial charge in [0.05, 0.1) is 0 Å². The number of rotatable bonds is 8. The van der Waals surface area contributed by atoms with Crippen molar-refractivity contribution in [3.8, 4) is 0 Å². The molecule has 0 amide bonds. The molecule has 0 radical (unpaired) electrons. The molecule has 0 saturated carbocycles. The van der Waals surface area contributed by atoms with Crippen LogP contribution in [-0.4, -0.2) is 6.69 Å². The molecule has 2 aliphatic rings. The van der Waals surface area contributed by atoms with Gasteiger partial charge in [-0.1, -0.05) is 0 Å². The first kappa shape index (κ1) is 22.5. The van der Waals surface area contributed by atoms with Crippen molar-refractivity contribution in [2.45, 2.75) is 78.3 Å². The molecule has 0 fully saturated rings. The third-order valence-electron chi connectivity index (χ3n) is 3.96. The van der Waals surface area contributed by atoms with Crippen molar-refractivity contribution in [1.82, 2.24) is 0 Å². The largest absolute Gasteiger partial charge is 0.245 e. The van der Waals surface area contributed by atoms with Gasteiger partial charge < -0.3 is 0 Å². The van der Waals surface area contributed by atoms with E-state index in [0.29, 0.717) is 0 Å². The first-order valence-corrected chi connectivity index (χ1v) is 15.9. The summed E-state index contributed by atoms with van der Waals surface area (Å²) < 4.78 is 3.64. The number of unbranched alkanes of at least 4 members (excludes halogenated alkanes) is 2. The Bertz CT molecular complexity index is 464. The molecule has 134 valence electrons.